The zero-order chi connectivity index (χ0) is 19.3. The van der Waals surface area contributed by atoms with Gasteiger partial charge < -0.3 is 14.0 Å². The fourth-order valence-electron chi connectivity index (χ4n) is 3.01. The van der Waals surface area contributed by atoms with Crippen LogP contribution in [0.5, 0.6) is 5.75 Å². The van der Waals surface area contributed by atoms with Crippen molar-refractivity contribution in [2.45, 2.75) is 45.6 Å². The van der Waals surface area contributed by atoms with Crippen molar-refractivity contribution in [2.75, 3.05) is 13.4 Å². The lowest BCUT2D eigenvalue weighted by Crippen LogP contribution is -2.22. The lowest BCUT2D eigenvalue weighted by molar-refractivity contribution is 0.0229. The number of hydrogen-bond acceptors (Lipinski definition) is 4. The lowest BCUT2D eigenvalue weighted by atomic mass is 10.1. The van der Waals surface area contributed by atoms with Crippen LogP contribution in [0.15, 0.2) is 43.1 Å². The highest BCUT2D eigenvalue weighted by Crippen LogP contribution is 2.30. The SMILES string of the molecule is CCn1ccc2c(OCOCC[Si](C)(C)C)cc(Cc3cncnc3)cc21. The summed E-state index contributed by atoms with van der Waals surface area (Å²) in [4.78, 5) is 8.23. The second-order valence-electron chi connectivity index (χ2n) is 8.03. The third kappa shape index (κ3) is 5.40. The summed E-state index contributed by atoms with van der Waals surface area (Å²) in [7, 11) is -1.08. The van der Waals surface area contributed by atoms with E-state index >= 15 is 0 Å². The van der Waals surface area contributed by atoms with Crippen molar-refractivity contribution in [2.24, 2.45) is 0 Å². The molecule has 3 aromatic rings. The van der Waals surface area contributed by atoms with Gasteiger partial charge in [-0.05, 0) is 42.3 Å². The molecule has 0 aliphatic carbocycles. The monoisotopic (exact) mass is 383 g/mol. The summed E-state index contributed by atoms with van der Waals surface area (Å²) >= 11 is 0. The Kier molecular flexibility index (Phi) is 6.29. The molecule has 0 bridgehead atoms. The molecule has 2 heterocycles. The zero-order valence-electron chi connectivity index (χ0n) is 16.7. The van der Waals surface area contributed by atoms with E-state index in [4.69, 9.17) is 9.47 Å². The molecule has 0 N–H and O–H groups in total. The molecule has 0 atom stereocenters. The maximum atomic E-state index is 6.02. The molecule has 6 heteroatoms. The second-order valence-corrected chi connectivity index (χ2v) is 13.7. The number of ether oxygens (including phenoxy) is 2. The van der Waals surface area contributed by atoms with Gasteiger partial charge in [-0.1, -0.05) is 19.6 Å². The summed E-state index contributed by atoms with van der Waals surface area (Å²) in [5.41, 5.74) is 3.45. The molecule has 0 saturated heterocycles. The van der Waals surface area contributed by atoms with Gasteiger partial charge in [0, 0.05) is 51.6 Å². The first-order valence-corrected chi connectivity index (χ1v) is 13.2. The van der Waals surface area contributed by atoms with Crippen molar-refractivity contribution in [3.05, 3.63) is 54.2 Å². The predicted octanol–water partition coefficient (Wildman–Crippen LogP) is 4.73. The second kappa shape index (κ2) is 8.67. The van der Waals surface area contributed by atoms with E-state index in [0.29, 0.717) is 0 Å². The average molecular weight is 384 g/mol. The third-order valence-corrected chi connectivity index (χ3v) is 6.27. The van der Waals surface area contributed by atoms with Crippen molar-refractivity contribution in [3.63, 3.8) is 0 Å². The number of fused-ring (bicyclic) bond motifs is 1. The summed E-state index contributed by atoms with van der Waals surface area (Å²) in [6, 6.07) is 7.60. The minimum Gasteiger partial charge on any atom is -0.467 e. The molecule has 5 nitrogen and oxygen atoms in total. The highest BCUT2D eigenvalue weighted by atomic mass is 28.3. The molecular formula is C21H29N3O2Si. The van der Waals surface area contributed by atoms with Crippen LogP contribution >= 0.6 is 0 Å². The Balaban J connectivity index is 1.77. The molecule has 27 heavy (non-hydrogen) atoms. The van der Waals surface area contributed by atoms with E-state index in [-0.39, 0.29) is 6.79 Å². The van der Waals surface area contributed by atoms with Gasteiger partial charge in [0.15, 0.2) is 6.79 Å². The Bertz CT molecular complexity index is 872. The lowest BCUT2D eigenvalue weighted by Gasteiger charge is -2.16. The van der Waals surface area contributed by atoms with Crippen molar-refractivity contribution in [1.29, 1.82) is 0 Å². The van der Waals surface area contributed by atoms with Crippen LogP contribution in [0.2, 0.25) is 25.7 Å². The van der Waals surface area contributed by atoms with Crippen LogP contribution in [-0.4, -0.2) is 36.0 Å². The minimum atomic E-state index is -1.08. The van der Waals surface area contributed by atoms with Gasteiger partial charge in [-0.2, -0.15) is 0 Å². The summed E-state index contributed by atoms with van der Waals surface area (Å²) in [6.07, 6.45) is 8.16. The molecular weight excluding hydrogens is 354 g/mol. The topological polar surface area (TPSA) is 49.2 Å². The van der Waals surface area contributed by atoms with Crippen LogP contribution in [0.25, 0.3) is 10.9 Å². The molecule has 0 unspecified atom stereocenters. The quantitative estimate of drug-likeness (QED) is 0.304. The van der Waals surface area contributed by atoms with Crippen molar-refractivity contribution in [3.8, 4) is 5.75 Å². The number of aryl methyl sites for hydroxylation is 1. The number of aromatic nitrogens is 3. The van der Waals surface area contributed by atoms with Crippen LogP contribution in [0.4, 0.5) is 0 Å². The van der Waals surface area contributed by atoms with Crippen LogP contribution in [0.1, 0.15) is 18.1 Å². The number of nitrogens with zero attached hydrogens (tertiary/aromatic N) is 3. The van der Waals surface area contributed by atoms with Crippen LogP contribution in [-0.2, 0) is 17.7 Å². The fourth-order valence-corrected chi connectivity index (χ4v) is 3.77. The van der Waals surface area contributed by atoms with Crippen LogP contribution in [0, 0.1) is 0 Å². The van der Waals surface area contributed by atoms with E-state index in [1.54, 1.807) is 6.33 Å². The Morgan fingerprint density at radius 2 is 1.85 bits per heavy atom. The first kappa shape index (κ1) is 19.6. The Labute approximate surface area is 162 Å². The molecule has 0 fully saturated rings. The van der Waals surface area contributed by atoms with Gasteiger partial charge in [0.25, 0.3) is 0 Å². The van der Waals surface area contributed by atoms with E-state index in [2.05, 4.69) is 65.5 Å². The van der Waals surface area contributed by atoms with Crippen molar-refractivity contribution < 1.29 is 9.47 Å². The molecule has 1 aromatic carbocycles. The van der Waals surface area contributed by atoms with E-state index in [1.165, 1.54) is 11.1 Å². The summed E-state index contributed by atoms with van der Waals surface area (Å²) in [6.45, 7) is 11.2. The van der Waals surface area contributed by atoms with Gasteiger partial charge in [-0.15, -0.1) is 0 Å². The van der Waals surface area contributed by atoms with Gasteiger partial charge in [-0.3, -0.25) is 0 Å². The summed E-state index contributed by atoms with van der Waals surface area (Å²) in [5, 5.41) is 1.12. The minimum absolute atomic E-state index is 0.286. The molecule has 3 rings (SSSR count). The normalized spacial score (nSPS) is 11.9. The van der Waals surface area contributed by atoms with E-state index in [9.17, 15) is 0 Å². The molecule has 0 amide bonds. The number of rotatable bonds is 9. The van der Waals surface area contributed by atoms with E-state index < -0.39 is 8.07 Å². The highest BCUT2D eigenvalue weighted by molar-refractivity contribution is 6.76. The maximum absolute atomic E-state index is 6.02. The Morgan fingerprint density at radius 3 is 2.56 bits per heavy atom. The molecule has 0 aliphatic rings. The Morgan fingerprint density at radius 1 is 1.07 bits per heavy atom. The molecule has 0 radical (unpaired) electrons. The molecule has 0 saturated carbocycles. The predicted molar refractivity (Wildman–Crippen MR) is 112 cm³/mol. The highest BCUT2D eigenvalue weighted by Gasteiger charge is 2.13. The molecule has 2 aromatic heterocycles. The third-order valence-electron chi connectivity index (χ3n) is 4.57. The van der Waals surface area contributed by atoms with Crippen LogP contribution < -0.4 is 4.74 Å². The van der Waals surface area contributed by atoms with Gasteiger partial charge in [0.2, 0.25) is 0 Å². The van der Waals surface area contributed by atoms with Gasteiger partial charge in [-0.25, -0.2) is 9.97 Å². The maximum Gasteiger partial charge on any atom is 0.189 e. The van der Waals surface area contributed by atoms with Crippen molar-refractivity contribution in [1.82, 2.24) is 14.5 Å². The fraction of sp³-hybridized carbons (Fsp3) is 0.429. The summed E-state index contributed by atoms with van der Waals surface area (Å²) < 4.78 is 14.0. The largest absolute Gasteiger partial charge is 0.467 e. The molecule has 0 spiro atoms. The Hall–Kier alpha value is -2.18. The first-order chi connectivity index (χ1) is 13.0. The average Bonchev–Trinajstić information content (AvgIpc) is 3.04. The summed E-state index contributed by atoms with van der Waals surface area (Å²) in [5.74, 6) is 0.875. The van der Waals surface area contributed by atoms with Gasteiger partial charge in [0.1, 0.15) is 12.1 Å². The van der Waals surface area contributed by atoms with Crippen molar-refractivity contribution >= 4 is 19.0 Å². The standard InChI is InChI=1S/C21H29N3O2Si/c1-5-24-7-6-19-20(24)11-17(10-18-13-22-15-23-14-18)12-21(19)26-16-25-8-9-27(2,3)4/h6-7,11-15H,5,8-10,16H2,1-4H3. The smallest absolute Gasteiger partial charge is 0.189 e. The van der Waals surface area contributed by atoms with E-state index in [0.717, 1.165) is 42.3 Å². The van der Waals surface area contributed by atoms with Gasteiger partial charge in [0.05, 0.1) is 5.52 Å². The van der Waals surface area contributed by atoms with E-state index in [1.807, 2.05) is 12.4 Å². The first-order valence-electron chi connectivity index (χ1n) is 9.52. The van der Waals surface area contributed by atoms with Crippen LogP contribution in [0.3, 0.4) is 0 Å². The number of benzene rings is 1. The zero-order valence-corrected chi connectivity index (χ0v) is 17.7. The molecule has 0 aliphatic heterocycles. The van der Waals surface area contributed by atoms with Gasteiger partial charge >= 0.3 is 0 Å². The number of hydrogen-bond donors (Lipinski definition) is 0. The molecule has 144 valence electrons.